The maximum atomic E-state index is 15.5. The predicted octanol–water partition coefficient (Wildman–Crippen LogP) is 8.09. The van der Waals surface area contributed by atoms with Gasteiger partial charge in [-0.25, -0.2) is 17.6 Å². The van der Waals surface area contributed by atoms with E-state index >= 15 is 4.39 Å². The summed E-state index contributed by atoms with van der Waals surface area (Å²) < 4.78 is 63.6. The van der Waals surface area contributed by atoms with Crippen LogP contribution in [0.5, 0.6) is 6.01 Å². The van der Waals surface area contributed by atoms with Crippen molar-refractivity contribution in [2.24, 2.45) is 11.3 Å². The maximum absolute atomic E-state index is 15.5. The molecule has 3 aliphatic rings. The van der Waals surface area contributed by atoms with Gasteiger partial charge in [0.2, 0.25) is 0 Å². The number of aromatic nitrogens is 2. The molecule has 4 unspecified atom stereocenters. The third-order valence-electron chi connectivity index (χ3n) is 9.49. The largest absolute Gasteiger partial charge is 0.463 e. The van der Waals surface area contributed by atoms with Crippen LogP contribution in [0.25, 0.3) is 10.9 Å². The molecule has 2 heterocycles. The normalized spacial score (nSPS) is 28.2. The van der Waals surface area contributed by atoms with Crippen LogP contribution in [0.3, 0.4) is 0 Å². The Bertz CT molecular complexity index is 1490. The average Bonchev–Trinajstić information content (AvgIpc) is 3.44. The Morgan fingerprint density at radius 1 is 1.00 bits per heavy atom. The number of halogens is 6. The van der Waals surface area contributed by atoms with E-state index in [2.05, 4.69) is 20.9 Å². The van der Waals surface area contributed by atoms with Gasteiger partial charge in [0.25, 0.3) is 0 Å². The minimum atomic E-state index is -1.45. The van der Waals surface area contributed by atoms with Gasteiger partial charge in [0.15, 0.2) is 23.3 Å². The van der Waals surface area contributed by atoms with Crippen LogP contribution in [0.4, 0.5) is 23.4 Å². The summed E-state index contributed by atoms with van der Waals surface area (Å²) in [7, 11) is 0. The third kappa shape index (κ3) is 5.29. The highest BCUT2D eigenvalue weighted by Gasteiger charge is 2.52. The number of hydrogen-bond acceptors (Lipinski definition) is 5. The Morgan fingerprint density at radius 3 is 2.51 bits per heavy atom. The SMILES string of the molecule is CC1(O)CCCN(c2nc(OCC34CCCC3C(c3cc(F)c(F)c(F)c3)CC4)nc3c(F)c(Br)c(Cl)cc23)CC1. The molecule has 41 heavy (non-hydrogen) atoms. The van der Waals surface area contributed by atoms with Crippen LogP contribution >= 0.6 is 27.5 Å². The Kier molecular flexibility index (Phi) is 7.64. The highest BCUT2D eigenvalue weighted by Crippen LogP contribution is 2.60. The van der Waals surface area contributed by atoms with Crippen LogP contribution < -0.4 is 9.64 Å². The van der Waals surface area contributed by atoms with E-state index in [4.69, 9.17) is 21.3 Å². The fraction of sp³-hybridized carbons (Fsp3) is 0.533. The van der Waals surface area contributed by atoms with Gasteiger partial charge in [-0.3, -0.25) is 0 Å². The zero-order valence-electron chi connectivity index (χ0n) is 22.6. The van der Waals surface area contributed by atoms with Crippen molar-refractivity contribution in [2.45, 2.75) is 69.8 Å². The molecule has 6 rings (SSSR count). The summed E-state index contributed by atoms with van der Waals surface area (Å²) in [5.74, 6) is -3.92. The summed E-state index contributed by atoms with van der Waals surface area (Å²) in [5.41, 5.74) is -0.501. The molecule has 2 saturated carbocycles. The molecule has 3 fully saturated rings. The molecule has 4 atom stereocenters. The van der Waals surface area contributed by atoms with Crippen molar-refractivity contribution in [1.82, 2.24) is 9.97 Å². The van der Waals surface area contributed by atoms with Crippen molar-refractivity contribution < 1.29 is 27.4 Å². The summed E-state index contributed by atoms with van der Waals surface area (Å²) >= 11 is 9.53. The number of ether oxygens (including phenoxy) is 1. The molecule has 0 bridgehead atoms. The molecule has 1 saturated heterocycles. The Balaban J connectivity index is 1.31. The van der Waals surface area contributed by atoms with E-state index in [1.54, 1.807) is 6.07 Å². The molecule has 1 aromatic heterocycles. The van der Waals surface area contributed by atoms with Gasteiger partial charge in [0, 0.05) is 23.9 Å². The lowest BCUT2D eigenvalue weighted by Crippen LogP contribution is -2.31. The van der Waals surface area contributed by atoms with Gasteiger partial charge in [-0.2, -0.15) is 9.97 Å². The standard InChI is InChI=1S/C30H31BrClF4N3O2/c1-29(40)6-3-10-39(11-9-29)27-18-14-20(32)23(31)25(36)26(18)37-28(38-27)41-15-30-7-2-4-19(30)17(5-8-30)16-12-21(33)24(35)22(34)13-16/h12-14,17,19,40H,2-11,15H2,1H3. The second-order valence-electron chi connectivity index (χ2n) is 12.1. The summed E-state index contributed by atoms with van der Waals surface area (Å²) in [6.45, 7) is 3.23. The Morgan fingerprint density at radius 2 is 1.76 bits per heavy atom. The third-order valence-corrected chi connectivity index (χ3v) is 10.8. The molecule has 11 heteroatoms. The van der Waals surface area contributed by atoms with E-state index < -0.39 is 28.9 Å². The minimum Gasteiger partial charge on any atom is -0.463 e. The summed E-state index contributed by atoms with van der Waals surface area (Å²) in [4.78, 5) is 11.2. The van der Waals surface area contributed by atoms with Gasteiger partial charge < -0.3 is 14.7 Å². The van der Waals surface area contributed by atoms with Gasteiger partial charge in [-0.15, -0.1) is 0 Å². The first kappa shape index (κ1) is 28.9. The molecule has 0 radical (unpaired) electrons. The topological polar surface area (TPSA) is 58.5 Å². The number of nitrogens with zero attached hydrogens (tertiary/aromatic N) is 3. The van der Waals surface area contributed by atoms with Crippen LogP contribution in [0, 0.1) is 34.6 Å². The fourth-order valence-corrected chi connectivity index (χ4v) is 7.81. The molecule has 2 aliphatic carbocycles. The number of aliphatic hydroxyl groups is 1. The molecular weight excluding hydrogens is 626 g/mol. The van der Waals surface area contributed by atoms with Crippen molar-refractivity contribution in [2.75, 3.05) is 24.6 Å². The summed E-state index contributed by atoms with van der Waals surface area (Å²) in [6.07, 6.45) is 6.06. The Labute approximate surface area is 249 Å². The van der Waals surface area contributed by atoms with E-state index in [9.17, 15) is 18.3 Å². The van der Waals surface area contributed by atoms with Crippen LogP contribution in [0.2, 0.25) is 5.02 Å². The van der Waals surface area contributed by atoms with Gasteiger partial charge in [-0.05, 0) is 103 Å². The second kappa shape index (κ2) is 10.8. The molecular formula is C30H31BrClF4N3O2. The molecule has 0 spiro atoms. The molecule has 220 valence electrons. The maximum Gasteiger partial charge on any atom is 0.319 e. The van der Waals surface area contributed by atoms with Gasteiger partial charge in [0.05, 0.1) is 21.7 Å². The quantitative estimate of drug-likeness (QED) is 0.222. The first-order valence-corrected chi connectivity index (χ1v) is 15.2. The first-order chi connectivity index (χ1) is 19.5. The highest BCUT2D eigenvalue weighted by molar-refractivity contribution is 9.10. The lowest BCUT2D eigenvalue weighted by Gasteiger charge is -2.31. The van der Waals surface area contributed by atoms with Crippen LogP contribution in [-0.2, 0) is 0 Å². The zero-order valence-corrected chi connectivity index (χ0v) is 25.0. The van der Waals surface area contributed by atoms with Crippen molar-refractivity contribution >= 4 is 44.3 Å². The monoisotopic (exact) mass is 655 g/mol. The minimum absolute atomic E-state index is 0.0407. The van der Waals surface area contributed by atoms with Gasteiger partial charge in [-0.1, -0.05) is 18.0 Å². The number of fused-ring (bicyclic) bond motifs is 2. The van der Waals surface area contributed by atoms with Crippen molar-refractivity contribution in [3.63, 3.8) is 0 Å². The smallest absolute Gasteiger partial charge is 0.319 e. The van der Waals surface area contributed by atoms with Crippen LogP contribution in [0.1, 0.15) is 69.8 Å². The molecule has 3 aromatic rings. The number of benzene rings is 2. The van der Waals surface area contributed by atoms with E-state index in [1.807, 2.05) is 11.8 Å². The van der Waals surface area contributed by atoms with Gasteiger partial charge >= 0.3 is 6.01 Å². The number of rotatable bonds is 5. The number of hydrogen-bond donors (Lipinski definition) is 1. The molecule has 5 nitrogen and oxygen atoms in total. The summed E-state index contributed by atoms with van der Waals surface area (Å²) in [6, 6.07) is 3.90. The van der Waals surface area contributed by atoms with Crippen LogP contribution in [0.15, 0.2) is 22.7 Å². The summed E-state index contributed by atoms with van der Waals surface area (Å²) in [5, 5.41) is 11.3. The second-order valence-corrected chi connectivity index (χ2v) is 13.3. The van der Waals surface area contributed by atoms with E-state index in [0.717, 1.165) is 44.2 Å². The van der Waals surface area contributed by atoms with Crippen LogP contribution in [-0.4, -0.2) is 40.4 Å². The first-order valence-electron chi connectivity index (χ1n) is 14.1. The van der Waals surface area contributed by atoms with E-state index in [-0.39, 0.29) is 44.9 Å². The average molecular weight is 657 g/mol. The predicted molar refractivity (Wildman–Crippen MR) is 152 cm³/mol. The van der Waals surface area contributed by atoms with Crippen molar-refractivity contribution in [3.8, 4) is 6.01 Å². The lowest BCUT2D eigenvalue weighted by molar-refractivity contribution is 0.0481. The highest BCUT2D eigenvalue weighted by atomic mass is 79.9. The lowest BCUT2D eigenvalue weighted by atomic mass is 9.77. The zero-order chi connectivity index (χ0) is 29.1. The Hall–Kier alpha value is -2.17. The molecule has 1 N–H and O–H groups in total. The molecule has 2 aromatic carbocycles. The van der Waals surface area contributed by atoms with Crippen molar-refractivity contribution in [3.05, 3.63) is 56.5 Å². The molecule has 0 amide bonds. The molecule has 1 aliphatic heterocycles. The fourth-order valence-electron chi connectivity index (χ4n) is 7.31. The van der Waals surface area contributed by atoms with E-state index in [1.165, 1.54) is 0 Å². The van der Waals surface area contributed by atoms with E-state index in [0.29, 0.717) is 49.1 Å². The number of anilines is 1. The van der Waals surface area contributed by atoms with Crippen molar-refractivity contribution in [1.29, 1.82) is 0 Å². The van der Waals surface area contributed by atoms with Gasteiger partial charge in [0.1, 0.15) is 11.3 Å².